The van der Waals surface area contributed by atoms with Crippen molar-refractivity contribution in [3.05, 3.63) is 65.7 Å². The van der Waals surface area contributed by atoms with Crippen molar-refractivity contribution in [1.29, 1.82) is 0 Å². The molecule has 102 heavy (non-hydrogen) atoms. The van der Waals surface area contributed by atoms with Crippen LogP contribution in [0.15, 0.2) is 69.6 Å². The van der Waals surface area contributed by atoms with Crippen LogP contribution in [-0.4, -0.2) is 215 Å². The molecule has 34 nitrogen and oxygen atoms in total. The number of hydrogen-bond donors (Lipinski definition) is 20. The number of phenols is 1. The third-order valence-corrected chi connectivity index (χ3v) is 17.4. The van der Waals surface area contributed by atoms with Gasteiger partial charge in [-0.05, 0) is 111 Å². The Bertz CT molecular complexity index is 3210. The standard InChI is InChI=1S/C65H105N21O13S3/c1-35(2)30-45(80-54(91)43(24-29-102-6)78-59(96)49(34-101)84-53(90)41(76-37(5)87)16-10-25-73-63(67)68)56(93)81-46(31-38-14-8-7-9-15-38)57(94)77-42(17-11-26-74-64(69)70)55(92)85-51(36(3)4)61(98)82-47(32-39-20-22-40(88)23-21-39)58(95)79-44(18-12-27-75-65(71)72)62(99)86-28-13-19-50(86)60(97)83-48(33-100)52(66)89/h7-9,14-15,20-23,35-36,41-51,88,100-101H,10-13,16-19,24-34H2,1-6H3,(H2,66,89)(H,76,87)(H,77,94)(H,78,96)(H,79,95)(H,80,91)(H,81,93)(H,82,98)(H,83,97)(H,84,90)(H,85,92)(H4,67,68,73)(H4,69,70,74)(H4,71,72,75)/t41-,42-,43-,44-,45-,46+,47-,48-,49-,50-,51-/m0/s1. The number of nitrogens with zero attached hydrogens (tertiary/aromatic N) is 4. The highest BCUT2D eigenvalue weighted by Crippen LogP contribution is 2.22. The minimum atomic E-state index is -1.49. The SMILES string of the molecule is CSCC[C@H](NC(=O)[C@H](CS)NC(=O)[C@H](CCCN=C(N)N)NC(C)=O)C(=O)N[C@@H](CC(C)C)C(=O)N[C@H](Cc1ccccc1)C(=O)N[C@@H](CCCN=C(N)N)C(=O)N[C@H](C(=O)N[C@@H](Cc1ccc(O)cc1)C(=O)N[C@@H](CCCN=C(N)N)C(=O)N1CCC[C@H]1C(=O)N[C@@H](CS)C(N)=O)C(C)C. The Morgan fingerprint density at radius 2 is 0.922 bits per heavy atom. The quantitative estimate of drug-likeness (QED) is 0.0130. The molecule has 0 spiro atoms. The number of nitrogens with one attached hydrogen (secondary N) is 10. The fraction of sp³-hybridized carbons (Fsp3) is 0.585. The normalized spacial score (nSPS) is 15.5. The smallest absolute Gasteiger partial charge is 0.245 e. The molecule has 0 bridgehead atoms. The lowest BCUT2D eigenvalue weighted by atomic mass is 9.99. The third-order valence-electron chi connectivity index (χ3n) is 16.0. The monoisotopic (exact) mass is 1480 g/mol. The van der Waals surface area contributed by atoms with Gasteiger partial charge in [0.1, 0.15) is 72.2 Å². The summed E-state index contributed by atoms with van der Waals surface area (Å²) in [5.74, 6) is -10.9. The van der Waals surface area contributed by atoms with Crippen LogP contribution in [0.25, 0.3) is 0 Å². The molecule has 2 aromatic carbocycles. The van der Waals surface area contributed by atoms with E-state index in [0.29, 0.717) is 29.7 Å². The van der Waals surface area contributed by atoms with E-state index in [-0.39, 0.29) is 131 Å². The summed E-state index contributed by atoms with van der Waals surface area (Å²) in [5, 5.41) is 37.1. The summed E-state index contributed by atoms with van der Waals surface area (Å²) < 4.78 is 0. The Balaban J connectivity index is 2.02. The molecule has 0 aromatic heterocycles. The molecule has 1 saturated heterocycles. The van der Waals surface area contributed by atoms with Gasteiger partial charge in [0, 0.05) is 57.5 Å². The first kappa shape index (κ1) is 87.0. The fourth-order valence-corrected chi connectivity index (χ4v) is 11.8. The molecule has 1 aliphatic rings. The van der Waals surface area contributed by atoms with E-state index in [9.17, 15) is 62.6 Å². The number of nitrogens with two attached hydrogens (primary N) is 7. The first-order valence-corrected chi connectivity index (χ1v) is 36.2. The molecule has 1 aliphatic heterocycles. The van der Waals surface area contributed by atoms with Gasteiger partial charge < -0.3 is 103 Å². The molecule has 11 atom stereocenters. The van der Waals surface area contributed by atoms with Gasteiger partial charge in [0.15, 0.2) is 17.9 Å². The number of hydrogen-bond acceptors (Lipinski definition) is 19. The second-order valence-corrected chi connectivity index (χ2v) is 27.0. The van der Waals surface area contributed by atoms with Crippen LogP contribution in [0.2, 0.25) is 0 Å². The molecule has 0 radical (unpaired) electrons. The van der Waals surface area contributed by atoms with Crippen molar-refractivity contribution in [2.45, 2.75) is 178 Å². The van der Waals surface area contributed by atoms with Gasteiger partial charge in [-0.1, -0.05) is 70.2 Å². The maximum Gasteiger partial charge on any atom is 0.245 e. The summed E-state index contributed by atoms with van der Waals surface area (Å²) >= 11 is 9.79. The molecule has 566 valence electrons. The van der Waals surface area contributed by atoms with E-state index in [0.717, 1.165) is 0 Å². The Morgan fingerprint density at radius 1 is 0.510 bits per heavy atom. The Hall–Kier alpha value is -9.26. The van der Waals surface area contributed by atoms with Gasteiger partial charge in [0.05, 0.1) is 0 Å². The van der Waals surface area contributed by atoms with Gasteiger partial charge in [0.25, 0.3) is 0 Å². The second-order valence-electron chi connectivity index (χ2n) is 25.2. The van der Waals surface area contributed by atoms with E-state index < -0.39 is 143 Å². The van der Waals surface area contributed by atoms with Crippen LogP contribution < -0.4 is 93.3 Å². The number of phenolic OH excluding ortho intramolecular Hbond substituents is 1. The van der Waals surface area contributed by atoms with E-state index >= 15 is 0 Å². The lowest BCUT2D eigenvalue weighted by molar-refractivity contribution is -0.142. The zero-order valence-corrected chi connectivity index (χ0v) is 61.2. The number of amides is 12. The molecule has 0 saturated carbocycles. The molecule has 3 rings (SSSR count). The van der Waals surface area contributed by atoms with Crippen molar-refractivity contribution in [3.8, 4) is 5.75 Å². The number of benzene rings is 2. The lowest BCUT2D eigenvalue weighted by Crippen LogP contribution is -2.61. The Kier molecular flexibility index (Phi) is 38.9. The van der Waals surface area contributed by atoms with Crippen molar-refractivity contribution in [2.24, 2.45) is 66.9 Å². The number of rotatable bonds is 45. The Morgan fingerprint density at radius 3 is 1.39 bits per heavy atom. The Labute approximate surface area is 609 Å². The zero-order valence-electron chi connectivity index (χ0n) is 58.6. The molecule has 25 N–H and O–H groups in total. The van der Waals surface area contributed by atoms with Crippen LogP contribution in [0, 0.1) is 11.8 Å². The topological polar surface area (TPSA) is 568 Å². The second kappa shape index (κ2) is 45.6. The zero-order chi connectivity index (χ0) is 76.2. The molecule has 1 heterocycles. The van der Waals surface area contributed by atoms with Crippen molar-refractivity contribution in [3.63, 3.8) is 0 Å². The van der Waals surface area contributed by atoms with Crippen molar-refractivity contribution in [2.75, 3.05) is 49.7 Å². The van der Waals surface area contributed by atoms with Gasteiger partial charge in [-0.3, -0.25) is 72.5 Å². The third kappa shape index (κ3) is 31.7. The molecule has 37 heteroatoms. The van der Waals surface area contributed by atoms with Gasteiger partial charge in [-0.25, -0.2) is 0 Å². The van der Waals surface area contributed by atoms with Gasteiger partial charge >= 0.3 is 0 Å². The molecule has 12 amide bonds. The minimum absolute atomic E-state index is 0.00963. The highest BCUT2D eigenvalue weighted by Gasteiger charge is 2.41. The number of carbonyl (C=O) groups is 12. The van der Waals surface area contributed by atoms with Crippen molar-refractivity contribution >= 4 is 126 Å². The number of aromatic hydroxyl groups is 1. The summed E-state index contributed by atoms with van der Waals surface area (Å²) in [6.07, 6.45) is 2.58. The van der Waals surface area contributed by atoms with Crippen LogP contribution >= 0.6 is 37.0 Å². The summed E-state index contributed by atoms with van der Waals surface area (Å²) in [5.41, 5.74) is 39.8. The average Bonchev–Trinajstić information content (AvgIpc) is 1.56. The van der Waals surface area contributed by atoms with E-state index in [1.54, 1.807) is 64.3 Å². The van der Waals surface area contributed by atoms with E-state index in [2.05, 4.69) is 93.4 Å². The van der Waals surface area contributed by atoms with Crippen LogP contribution in [-0.2, 0) is 70.4 Å². The predicted molar refractivity (Wildman–Crippen MR) is 396 cm³/mol. The van der Waals surface area contributed by atoms with E-state index in [1.165, 1.54) is 47.9 Å². The predicted octanol–water partition coefficient (Wildman–Crippen LogP) is -4.00. The maximum atomic E-state index is 14.9. The number of likely N-dealkylation sites (tertiary alicyclic amines) is 1. The lowest BCUT2D eigenvalue weighted by Gasteiger charge is -2.31. The van der Waals surface area contributed by atoms with Crippen LogP contribution in [0.3, 0.4) is 0 Å². The first-order chi connectivity index (χ1) is 48.3. The van der Waals surface area contributed by atoms with E-state index in [4.69, 9.17) is 40.1 Å². The number of primary amides is 1. The maximum absolute atomic E-state index is 14.9. The van der Waals surface area contributed by atoms with Gasteiger partial charge in [-0.2, -0.15) is 37.0 Å². The number of thioether (sulfide) groups is 1. The molecular weight excluding hydrogens is 1380 g/mol. The largest absolute Gasteiger partial charge is 0.508 e. The molecule has 2 aromatic rings. The number of thiol groups is 2. The first-order valence-electron chi connectivity index (χ1n) is 33.6. The summed E-state index contributed by atoms with van der Waals surface area (Å²) in [4.78, 5) is 181. The molecule has 0 aliphatic carbocycles. The van der Waals surface area contributed by atoms with Crippen molar-refractivity contribution in [1.82, 2.24) is 58.1 Å². The molecule has 1 fully saturated rings. The van der Waals surface area contributed by atoms with Gasteiger partial charge in [-0.15, -0.1) is 0 Å². The highest BCUT2D eigenvalue weighted by molar-refractivity contribution is 7.98. The minimum Gasteiger partial charge on any atom is -0.508 e. The molecule has 0 unspecified atom stereocenters. The van der Waals surface area contributed by atoms with Gasteiger partial charge in [0.2, 0.25) is 70.9 Å². The van der Waals surface area contributed by atoms with Crippen LogP contribution in [0.1, 0.15) is 110 Å². The van der Waals surface area contributed by atoms with Crippen molar-refractivity contribution < 1.29 is 62.6 Å². The molecular formula is C65H105N21O13S3. The number of aliphatic imine (C=N–C) groups is 3. The average molecular weight is 1480 g/mol. The van der Waals surface area contributed by atoms with E-state index in [1.807, 2.05) is 0 Å². The number of carbonyl (C=O) groups excluding carboxylic acids is 12. The fourth-order valence-electron chi connectivity index (χ4n) is 10.8. The summed E-state index contributed by atoms with van der Waals surface area (Å²) in [6, 6.07) is 0.0344. The van der Waals surface area contributed by atoms with Crippen LogP contribution in [0.5, 0.6) is 5.75 Å². The van der Waals surface area contributed by atoms with Crippen LogP contribution in [0.4, 0.5) is 0 Å². The summed E-state index contributed by atoms with van der Waals surface area (Å²) in [7, 11) is 0. The summed E-state index contributed by atoms with van der Waals surface area (Å²) in [6.45, 7) is 8.35. The number of guanidine groups is 3. The highest BCUT2D eigenvalue weighted by atomic mass is 32.2.